The molecule has 1 N–H and O–H groups in total. The van der Waals surface area contributed by atoms with Crippen LogP contribution < -0.4 is 5.32 Å². The van der Waals surface area contributed by atoms with Gasteiger partial charge in [-0.3, -0.25) is 4.79 Å². The van der Waals surface area contributed by atoms with Crippen LogP contribution in [0.1, 0.15) is 25.7 Å². The fraction of sp³-hybridized carbons (Fsp3) is 0.391. The minimum absolute atomic E-state index is 0.0777. The summed E-state index contributed by atoms with van der Waals surface area (Å²) < 4.78 is 27.3. The van der Waals surface area contributed by atoms with Crippen molar-refractivity contribution in [1.82, 2.24) is 9.80 Å². The Labute approximate surface area is 174 Å². The van der Waals surface area contributed by atoms with Crippen LogP contribution >= 0.6 is 0 Å². The molecule has 1 saturated heterocycles. The molecule has 2 fully saturated rings. The van der Waals surface area contributed by atoms with Gasteiger partial charge in [-0.1, -0.05) is 12.1 Å². The molecule has 0 unspecified atom stereocenters. The maximum absolute atomic E-state index is 13.9. The number of likely N-dealkylation sites (tertiary alicyclic amines) is 1. The number of anilines is 1. The Morgan fingerprint density at radius 1 is 1.00 bits per heavy atom. The molecule has 158 valence electrons. The van der Waals surface area contributed by atoms with E-state index in [1.807, 2.05) is 4.90 Å². The lowest BCUT2D eigenvalue weighted by Gasteiger charge is -2.36. The number of carbonyl (C=O) groups is 2. The Bertz CT molecular complexity index is 936. The van der Waals surface area contributed by atoms with Crippen molar-refractivity contribution in [1.29, 1.82) is 0 Å². The second-order valence-electron chi connectivity index (χ2n) is 8.07. The number of nitrogens with zero attached hydrogens (tertiary/aromatic N) is 2. The van der Waals surface area contributed by atoms with Gasteiger partial charge in [-0.25, -0.2) is 13.6 Å². The van der Waals surface area contributed by atoms with Crippen molar-refractivity contribution in [2.24, 2.45) is 5.92 Å². The van der Waals surface area contributed by atoms with Crippen LogP contribution in [0, 0.1) is 17.6 Å². The molecule has 7 heteroatoms. The van der Waals surface area contributed by atoms with Crippen LogP contribution in [0.15, 0.2) is 42.5 Å². The molecule has 0 atom stereocenters. The van der Waals surface area contributed by atoms with Crippen LogP contribution in [0.2, 0.25) is 0 Å². The quantitative estimate of drug-likeness (QED) is 0.803. The summed E-state index contributed by atoms with van der Waals surface area (Å²) in [5.41, 5.74) is 1.29. The highest BCUT2D eigenvalue weighted by Gasteiger charge is 2.35. The Balaban J connectivity index is 1.33. The van der Waals surface area contributed by atoms with E-state index in [2.05, 4.69) is 5.32 Å². The van der Waals surface area contributed by atoms with Crippen molar-refractivity contribution in [3.8, 4) is 11.1 Å². The highest BCUT2D eigenvalue weighted by Crippen LogP contribution is 2.32. The summed E-state index contributed by atoms with van der Waals surface area (Å²) in [5.74, 6) is -0.517. The van der Waals surface area contributed by atoms with Gasteiger partial charge >= 0.3 is 6.03 Å². The zero-order valence-electron chi connectivity index (χ0n) is 16.9. The van der Waals surface area contributed by atoms with Gasteiger partial charge in [0, 0.05) is 43.3 Å². The SMILES string of the molecule is CN(C(=O)Nc1ccc(-c2cc(F)ccc2F)cc1)C1CCN(C(=O)C2CC2)CC1. The van der Waals surface area contributed by atoms with E-state index in [0.29, 0.717) is 24.3 Å². The first-order valence-corrected chi connectivity index (χ1v) is 10.3. The van der Waals surface area contributed by atoms with Gasteiger partial charge in [-0.15, -0.1) is 0 Å². The van der Waals surface area contributed by atoms with Gasteiger partial charge in [0.15, 0.2) is 0 Å². The van der Waals surface area contributed by atoms with Crippen LogP contribution in [0.25, 0.3) is 11.1 Å². The number of amides is 3. The van der Waals surface area contributed by atoms with Crippen LogP contribution in [-0.4, -0.2) is 47.9 Å². The van der Waals surface area contributed by atoms with Gasteiger partial charge in [0.1, 0.15) is 11.6 Å². The predicted octanol–water partition coefficient (Wildman–Crippen LogP) is 4.50. The first kappa shape index (κ1) is 20.3. The minimum Gasteiger partial charge on any atom is -0.342 e. The number of nitrogens with one attached hydrogen (secondary N) is 1. The summed E-state index contributed by atoms with van der Waals surface area (Å²) in [5, 5.41) is 2.84. The monoisotopic (exact) mass is 413 g/mol. The van der Waals surface area contributed by atoms with E-state index >= 15 is 0 Å². The van der Waals surface area contributed by atoms with Crippen LogP contribution in [0.5, 0.6) is 0 Å². The van der Waals surface area contributed by atoms with Crippen molar-refractivity contribution in [2.45, 2.75) is 31.7 Å². The van der Waals surface area contributed by atoms with Gasteiger partial charge in [-0.05, 0) is 61.6 Å². The third-order valence-corrected chi connectivity index (χ3v) is 5.95. The lowest BCUT2D eigenvalue weighted by Crippen LogP contribution is -2.48. The third-order valence-electron chi connectivity index (χ3n) is 5.95. The number of urea groups is 1. The lowest BCUT2D eigenvalue weighted by atomic mass is 10.0. The fourth-order valence-electron chi connectivity index (χ4n) is 3.89. The molecule has 4 rings (SSSR count). The fourth-order valence-corrected chi connectivity index (χ4v) is 3.89. The van der Waals surface area contributed by atoms with E-state index in [1.165, 1.54) is 0 Å². The van der Waals surface area contributed by atoms with Gasteiger partial charge < -0.3 is 15.1 Å². The van der Waals surface area contributed by atoms with Crippen LogP contribution in [0.4, 0.5) is 19.3 Å². The third kappa shape index (κ3) is 4.45. The van der Waals surface area contributed by atoms with Crippen molar-refractivity contribution >= 4 is 17.6 Å². The highest BCUT2D eigenvalue weighted by molar-refractivity contribution is 5.89. The number of hydrogen-bond donors (Lipinski definition) is 1. The van der Waals surface area contributed by atoms with Crippen molar-refractivity contribution in [3.63, 3.8) is 0 Å². The molecular formula is C23H25F2N3O2. The van der Waals surface area contributed by atoms with E-state index in [-0.39, 0.29) is 29.5 Å². The van der Waals surface area contributed by atoms with Gasteiger partial charge in [0.2, 0.25) is 5.91 Å². The molecule has 2 aliphatic rings. The number of halogens is 2. The summed E-state index contributed by atoms with van der Waals surface area (Å²) in [6.45, 7) is 1.37. The molecule has 0 spiro atoms. The summed E-state index contributed by atoms with van der Waals surface area (Å²) in [6, 6.07) is 9.81. The van der Waals surface area contributed by atoms with Crippen molar-refractivity contribution in [3.05, 3.63) is 54.1 Å². The molecule has 3 amide bonds. The minimum atomic E-state index is -0.504. The van der Waals surface area contributed by atoms with Crippen LogP contribution in [-0.2, 0) is 4.79 Å². The Hall–Kier alpha value is -2.96. The molecule has 0 radical (unpaired) electrons. The van der Waals surface area contributed by atoms with Crippen LogP contribution in [0.3, 0.4) is 0 Å². The number of rotatable bonds is 4. The topological polar surface area (TPSA) is 52.7 Å². The molecule has 0 bridgehead atoms. The maximum atomic E-state index is 13.9. The molecular weight excluding hydrogens is 388 g/mol. The Morgan fingerprint density at radius 3 is 2.30 bits per heavy atom. The molecule has 1 aliphatic heterocycles. The molecule has 1 aliphatic carbocycles. The summed E-state index contributed by atoms with van der Waals surface area (Å²) in [6.07, 6.45) is 3.54. The number of benzene rings is 2. The van der Waals surface area contributed by atoms with Gasteiger partial charge in [0.05, 0.1) is 0 Å². The number of carbonyl (C=O) groups excluding carboxylic acids is 2. The largest absolute Gasteiger partial charge is 0.342 e. The molecule has 2 aromatic rings. The standard InChI is InChI=1S/C23H25F2N3O2/c1-27(19-10-12-28(13-11-19)22(29)16-2-3-16)23(30)26-18-7-4-15(5-8-18)20-14-17(24)6-9-21(20)25/h4-9,14,16,19H,2-3,10-13H2,1H3,(H,26,30). The first-order chi connectivity index (χ1) is 14.4. The zero-order valence-corrected chi connectivity index (χ0v) is 16.9. The summed E-state index contributed by atoms with van der Waals surface area (Å²) in [4.78, 5) is 28.4. The van der Waals surface area contributed by atoms with E-state index in [9.17, 15) is 18.4 Å². The van der Waals surface area contributed by atoms with Gasteiger partial charge in [-0.2, -0.15) is 0 Å². The summed E-state index contributed by atoms with van der Waals surface area (Å²) in [7, 11) is 1.76. The van der Waals surface area contributed by atoms with Gasteiger partial charge in [0.25, 0.3) is 0 Å². The van der Waals surface area contributed by atoms with Crippen molar-refractivity contribution < 1.29 is 18.4 Å². The smallest absolute Gasteiger partial charge is 0.321 e. The molecule has 1 heterocycles. The second kappa shape index (κ2) is 8.42. The first-order valence-electron chi connectivity index (χ1n) is 10.3. The molecule has 30 heavy (non-hydrogen) atoms. The second-order valence-corrected chi connectivity index (χ2v) is 8.07. The van der Waals surface area contributed by atoms with E-state index in [4.69, 9.17) is 0 Å². The normalized spacial score (nSPS) is 17.0. The predicted molar refractivity (Wildman–Crippen MR) is 111 cm³/mol. The Kier molecular flexibility index (Phi) is 5.70. The van der Waals surface area contributed by atoms with Crippen molar-refractivity contribution in [2.75, 3.05) is 25.5 Å². The average Bonchev–Trinajstić information content (AvgIpc) is 3.60. The maximum Gasteiger partial charge on any atom is 0.321 e. The molecule has 1 saturated carbocycles. The van der Waals surface area contributed by atoms with E-state index < -0.39 is 11.6 Å². The van der Waals surface area contributed by atoms with E-state index in [1.54, 1.807) is 36.2 Å². The highest BCUT2D eigenvalue weighted by atomic mass is 19.1. The Morgan fingerprint density at radius 2 is 1.67 bits per heavy atom. The number of piperidine rings is 1. The van der Waals surface area contributed by atoms with E-state index in [0.717, 1.165) is 43.9 Å². The molecule has 0 aromatic heterocycles. The summed E-state index contributed by atoms with van der Waals surface area (Å²) >= 11 is 0. The average molecular weight is 413 g/mol. The lowest BCUT2D eigenvalue weighted by molar-refractivity contribution is -0.133. The molecule has 2 aromatic carbocycles. The zero-order chi connectivity index (χ0) is 21.3. The number of hydrogen-bond acceptors (Lipinski definition) is 2. The molecule has 5 nitrogen and oxygen atoms in total.